The Hall–Kier alpha value is -2.97. The maximum atomic E-state index is 13.4. The van der Waals surface area contributed by atoms with Crippen molar-refractivity contribution in [3.63, 3.8) is 0 Å². The van der Waals surface area contributed by atoms with Crippen molar-refractivity contribution in [2.75, 3.05) is 10.7 Å². The van der Waals surface area contributed by atoms with E-state index in [1.165, 1.54) is 23.1 Å². The molecule has 2 aromatic heterocycles. The average Bonchev–Trinajstić information content (AvgIpc) is 3.41. The Kier molecular flexibility index (Phi) is 5.80. The fourth-order valence-corrected chi connectivity index (χ4v) is 5.58. The SMILES string of the molecule is CCC(=O)N(c1nnc(SCC(=O)c2c(-c3ccccc3)[nH]c3ccccc23)s1)C1CC1. The monoisotopic (exact) mass is 462 g/mol. The van der Waals surface area contributed by atoms with Crippen LogP contribution in [0.2, 0.25) is 0 Å². The highest BCUT2D eigenvalue weighted by atomic mass is 32.2. The lowest BCUT2D eigenvalue weighted by molar-refractivity contribution is -0.118. The van der Waals surface area contributed by atoms with Crippen LogP contribution >= 0.6 is 23.1 Å². The second-order valence-corrected chi connectivity index (χ2v) is 9.88. The molecule has 1 amide bonds. The van der Waals surface area contributed by atoms with E-state index in [9.17, 15) is 9.59 Å². The Morgan fingerprint density at radius 2 is 1.84 bits per heavy atom. The largest absolute Gasteiger partial charge is 0.354 e. The summed E-state index contributed by atoms with van der Waals surface area (Å²) in [5, 5.41) is 10.0. The minimum atomic E-state index is 0.0340. The van der Waals surface area contributed by atoms with Gasteiger partial charge in [0.2, 0.25) is 11.0 Å². The maximum absolute atomic E-state index is 13.4. The van der Waals surface area contributed by atoms with E-state index in [4.69, 9.17) is 0 Å². The van der Waals surface area contributed by atoms with Gasteiger partial charge in [0, 0.05) is 23.4 Å². The van der Waals surface area contributed by atoms with Gasteiger partial charge in [0.15, 0.2) is 10.1 Å². The van der Waals surface area contributed by atoms with E-state index < -0.39 is 0 Å². The Morgan fingerprint density at radius 1 is 1.09 bits per heavy atom. The molecular formula is C24H22N4O2S2. The quantitative estimate of drug-likeness (QED) is 0.210. The highest BCUT2D eigenvalue weighted by Crippen LogP contribution is 2.37. The highest BCUT2D eigenvalue weighted by molar-refractivity contribution is 8.01. The van der Waals surface area contributed by atoms with Gasteiger partial charge in [-0.05, 0) is 24.5 Å². The van der Waals surface area contributed by atoms with Gasteiger partial charge in [-0.15, -0.1) is 10.2 Å². The van der Waals surface area contributed by atoms with E-state index in [0.29, 0.717) is 21.5 Å². The van der Waals surface area contributed by atoms with Crippen molar-refractivity contribution in [2.24, 2.45) is 0 Å². The molecule has 1 aliphatic carbocycles. The molecule has 6 nitrogen and oxygen atoms in total. The van der Waals surface area contributed by atoms with E-state index >= 15 is 0 Å². The number of aromatic amines is 1. The number of nitrogens with one attached hydrogen (secondary N) is 1. The van der Waals surface area contributed by atoms with Gasteiger partial charge >= 0.3 is 0 Å². The van der Waals surface area contributed by atoms with Crippen molar-refractivity contribution in [1.29, 1.82) is 0 Å². The number of para-hydroxylation sites is 1. The third kappa shape index (κ3) is 4.08. The van der Waals surface area contributed by atoms with Crippen LogP contribution in [0.25, 0.3) is 22.2 Å². The molecule has 0 saturated heterocycles. The van der Waals surface area contributed by atoms with Gasteiger partial charge in [-0.25, -0.2) is 0 Å². The van der Waals surface area contributed by atoms with E-state index in [1.54, 1.807) is 4.90 Å². The molecule has 2 heterocycles. The number of Topliss-reactive ketones (excluding diaryl/α,β-unsaturated/α-hetero) is 1. The zero-order valence-corrected chi connectivity index (χ0v) is 19.2. The zero-order chi connectivity index (χ0) is 22.1. The summed E-state index contributed by atoms with van der Waals surface area (Å²) in [6.45, 7) is 1.86. The van der Waals surface area contributed by atoms with Crippen molar-refractivity contribution in [1.82, 2.24) is 15.2 Å². The van der Waals surface area contributed by atoms with Crippen LogP contribution in [0.5, 0.6) is 0 Å². The summed E-state index contributed by atoms with van der Waals surface area (Å²) < 4.78 is 0.698. The molecule has 1 saturated carbocycles. The molecule has 1 fully saturated rings. The van der Waals surface area contributed by atoms with Crippen molar-refractivity contribution in [3.8, 4) is 11.3 Å². The standard InChI is InChI=1S/C24H22N4O2S2/c1-2-20(30)28(16-12-13-16)23-26-27-24(32-23)31-14-19(29)21-17-10-6-7-11-18(17)25-22(21)15-8-4-3-5-9-15/h3-11,16,25H,2,12-14H2,1H3. The molecule has 0 spiro atoms. The lowest BCUT2D eigenvalue weighted by atomic mass is 10.0. The molecule has 5 rings (SSSR count). The van der Waals surface area contributed by atoms with Crippen LogP contribution in [0.1, 0.15) is 36.5 Å². The fraction of sp³-hybridized carbons (Fsp3) is 0.250. The number of hydrogen-bond donors (Lipinski definition) is 1. The number of aromatic nitrogens is 3. The Morgan fingerprint density at radius 3 is 2.59 bits per heavy atom. The first-order valence-electron chi connectivity index (χ1n) is 10.6. The van der Waals surface area contributed by atoms with Crippen molar-refractivity contribution >= 4 is 50.8 Å². The van der Waals surface area contributed by atoms with Crippen LogP contribution in [0.15, 0.2) is 58.9 Å². The lowest BCUT2D eigenvalue weighted by Crippen LogP contribution is -2.32. The number of benzene rings is 2. The van der Waals surface area contributed by atoms with Gasteiger partial charge in [-0.1, -0.05) is 78.6 Å². The smallest absolute Gasteiger partial charge is 0.228 e. The predicted octanol–water partition coefficient (Wildman–Crippen LogP) is 5.57. The number of nitrogens with zero attached hydrogens (tertiary/aromatic N) is 3. The van der Waals surface area contributed by atoms with E-state index in [-0.39, 0.29) is 23.5 Å². The first-order chi connectivity index (χ1) is 15.7. The van der Waals surface area contributed by atoms with Crippen LogP contribution in [0.3, 0.4) is 0 Å². The zero-order valence-electron chi connectivity index (χ0n) is 17.6. The molecular weight excluding hydrogens is 440 g/mol. The van der Waals surface area contributed by atoms with Crippen molar-refractivity contribution in [3.05, 3.63) is 60.2 Å². The first kappa shape index (κ1) is 20.9. The number of carbonyl (C=O) groups excluding carboxylic acids is 2. The minimum absolute atomic E-state index is 0.0340. The normalized spacial score (nSPS) is 13.4. The number of fused-ring (bicyclic) bond motifs is 1. The number of rotatable bonds is 8. The molecule has 0 unspecified atom stereocenters. The minimum Gasteiger partial charge on any atom is -0.354 e. The van der Waals surface area contributed by atoms with Crippen LogP contribution < -0.4 is 4.90 Å². The number of ketones is 1. The Bertz CT molecular complexity index is 1280. The molecule has 0 radical (unpaired) electrons. The van der Waals surface area contributed by atoms with Crippen LogP contribution in [-0.4, -0.2) is 38.7 Å². The number of hydrogen-bond acceptors (Lipinski definition) is 6. The lowest BCUT2D eigenvalue weighted by Gasteiger charge is -2.17. The van der Waals surface area contributed by atoms with Crippen LogP contribution in [0.4, 0.5) is 5.13 Å². The number of H-pyrrole nitrogens is 1. The molecule has 162 valence electrons. The second-order valence-electron chi connectivity index (χ2n) is 7.70. The molecule has 2 aromatic carbocycles. The number of anilines is 1. The summed E-state index contributed by atoms with van der Waals surface area (Å²) in [6, 6.07) is 18.0. The second kappa shape index (κ2) is 8.88. The van der Waals surface area contributed by atoms with Crippen LogP contribution in [-0.2, 0) is 4.79 Å². The van der Waals surface area contributed by atoms with Gasteiger partial charge in [0.1, 0.15) is 0 Å². The van der Waals surface area contributed by atoms with E-state index in [1.807, 2.05) is 61.5 Å². The third-order valence-electron chi connectivity index (χ3n) is 5.46. The fourth-order valence-electron chi connectivity index (χ4n) is 3.78. The Labute approximate surface area is 194 Å². The molecule has 8 heteroatoms. The topological polar surface area (TPSA) is 79.0 Å². The van der Waals surface area contributed by atoms with Crippen molar-refractivity contribution in [2.45, 2.75) is 36.6 Å². The predicted molar refractivity (Wildman–Crippen MR) is 129 cm³/mol. The Balaban J connectivity index is 1.38. The first-order valence-corrected chi connectivity index (χ1v) is 12.4. The van der Waals surface area contributed by atoms with Crippen LogP contribution in [0, 0.1) is 0 Å². The average molecular weight is 463 g/mol. The molecule has 1 aliphatic rings. The van der Waals surface area contributed by atoms with Gasteiger partial charge in [-0.3, -0.25) is 14.5 Å². The summed E-state index contributed by atoms with van der Waals surface area (Å²) in [6.07, 6.45) is 2.46. The van der Waals surface area contributed by atoms with E-state index in [2.05, 4.69) is 15.2 Å². The number of carbonyl (C=O) groups is 2. The molecule has 0 bridgehead atoms. The van der Waals surface area contributed by atoms with Gasteiger partial charge < -0.3 is 4.98 Å². The van der Waals surface area contributed by atoms with Gasteiger partial charge in [-0.2, -0.15) is 0 Å². The summed E-state index contributed by atoms with van der Waals surface area (Å²) in [5.41, 5.74) is 3.46. The summed E-state index contributed by atoms with van der Waals surface area (Å²) in [7, 11) is 0. The third-order valence-corrected chi connectivity index (χ3v) is 7.52. The van der Waals surface area contributed by atoms with E-state index in [0.717, 1.165) is 35.0 Å². The highest BCUT2D eigenvalue weighted by Gasteiger charge is 2.35. The molecule has 1 N–H and O–H groups in total. The van der Waals surface area contributed by atoms with Gasteiger partial charge in [0.05, 0.1) is 17.0 Å². The number of thioether (sulfide) groups is 1. The summed E-state index contributed by atoms with van der Waals surface area (Å²) >= 11 is 2.75. The maximum Gasteiger partial charge on any atom is 0.228 e. The molecule has 0 aliphatic heterocycles. The molecule has 4 aromatic rings. The summed E-state index contributed by atoms with van der Waals surface area (Å²) in [4.78, 5) is 30.9. The number of amides is 1. The molecule has 0 atom stereocenters. The van der Waals surface area contributed by atoms with Gasteiger partial charge in [0.25, 0.3) is 0 Å². The van der Waals surface area contributed by atoms with Crippen molar-refractivity contribution < 1.29 is 9.59 Å². The summed E-state index contributed by atoms with van der Waals surface area (Å²) in [5.74, 6) is 0.357. The molecule has 32 heavy (non-hydrogen) atoms.